The van der Waals surface area contributed by atoms with E-state index >= 15 is 0 Å². The number of hydrogen-bond acceptors (Lipinski definition) is 5. The van der Waals surface area contributed by atoms with Crippen molar-refractivity contribution in [1.29, 1.82) is 0 Å². The van der Waals surface area contributed by atoms with Crippen LogP contribution in [0.5, 0.6) is 0 Å². The summed E-state index contributed by atoms with van der Waals surface area (Å²) in [5, 5.41) is 16.1. The highest BCUT2D eigenvalue weighted by Crippen LogP contribution is 1.84. The van der Waals surface area contributed by atoms with E-state index in [1.165, 1.54) is 7.11 Å². The normalized spacial score (nSPS) is 9.78. The average molecular weight is 135 g/mol. The van der Waals surface area contributed by atoms with E-state index in [0.29, 0.717) is 0 Å². The van der Waals surface area contributed by atoms with Crippen LogP contribution in [0.4, 0.5) is 0 Å². The molecule has 0 aromatic rings. The summed E-state index contributed by atoms with van der Waals surface area (Å²) in [7, 11) is 1.24. The van der Waals surface area contributed by atoms with Gasteiger partial charge in [0.05, 0.1) is 20.1 Å². The molecule has 54 valence electrons. The van der Waals surface area contributed by atoms with Gasteiger partial charge in [0.1, 0.15) is 0 Å². The topological polar surface area (TPSA) is 70.0 Å². The molecule has 0 aliphatic rings. The Hall–Kier alpha value is -0.650. The molecule has 2 N–H and O–H groups in total. The van der Waals surface area contributed by atoms with Gasteiger partial charge in [0, 0.05) is 0 Å². The highest BCUT2D eigenvalue weighted by molar-refractivity contribution is 5.69. The molecule has 0 fully saturated rings. The summed E-state index contributed by atoms with van der Waals surface area (Å²) >= 11 is 0. The van der Waals surface area contributed by atoms with Gasteiger partial charge in [-0.15, -0.1) is 0 Å². The highest BCUT2D eigenvalue weighted by Gasteiger charge is 2.01. The first-order valence-electron chi connectivity index (χ1n) is 2.39. The fourth-order valence-electron chi connectivity index (χ4n) is 0.293. The third-order valence-corrected chi connectivity index (χ3v) is 0.744. The first kappa shape index (κ1) is 8.35. The SMILES string of the molecule is COC(=O)CCN(O)O. The maximum absolute atomic E-state index is 10.2. The standard InChI is InChI=1S/C4H9NO4/c1-9-4(6)2-3-5(7)8/h7-8H,2-3H2,1H3. The number of methoxy groups -OCH3 is 1. The zero-order valence-electron chi connectivity index (χ0n) is 5.07. The monoisotopic (exact) mass is 135 g/mol. The van der Waals surface area contributed by atoms with E-state index in [1.807, 2.05) is 0 Å². The summed E-state index contributed by atoms with van der Waals surface area (Å²) in [4.78, 5) is 10.2. The van der Waals surface area contributed by atoms with Gasteiger partial charge >= 0.3 is 5.97 Å². The van der Waals surface area contributed by atoms with E-state index in [0.717, 1.165) is 0 Å². The lowest BCUT2D eigenvalue weighted by atomic mass is 10.4. The van der Waals surface area contributed by atoms with E-state index in [4.69, 9.17) is 10.4 Å². The molecule has 0 aromatic carbocycles. The van der Waals surface area contributed by atoms with Gasteiger partial charge in [0.25, 0.3) is 0 Å². The number of hydroxylamine groups is 2. The molecule has 0 radical (unpaired) electrons. The van der Waals surface area contributed by atoms with E-state index in [2.05, 4.69) is 4.74 Å². The van der Waals surface area contributed by atoms with Crippen LogP contribution in [0.2, 0.25) is 0 Å². The molecule has 0 amide bonds. The van der Waals surface area contributed by atoms with Gasteiger partial charge in [0.2, 0.25) is 0 Å². The zero-order chi connectivity index (χ0) is 7.28. The van der Waals surface area contributed by atoms with Crippen LogP contribution in [0.1, 0.15) is 6.42 Å². The molecular formula is C4H9NO4. The predicted octanol–water partition coefficient (Wildman–Crippen LogP) is -0.370. The third kappa shape index (κ3) is 5.22. The Bertz CT molecular complexity index is 92.6. The zero-order valence-corrected chi connectivity index (χ0v) is 5.07. The molecule has 0 spiro atoms. The summed E-state index contributed by atoms with van der Waals surface area (Å²) in [6.07, 6.45) is -0.0243. The molecule has 5 nitrogen and oxygen atoms in total. The van der Waals surface area contributed by atoms with Gasteiger partial charge in [-0.2, -0.15) is 0 Å². The van der Waals surface area contributed by atoms with Crippen LogP contribution in [-0.4, -0.2) is 35.3 Å². The number of esters is 1. The lowest BCUT2D eigenvalue weighted by Gasteiger charge is -2.02. The minimum atomic E-state index is -0.469. The average Bonchev–Trinajstić information content (AvgIpc) is 1.83. The Morgan fingerprint density at radius 1 is 1.67 bits per heavy atom. The molecule has 0 bridgehead atoms. The summed E-state index contributed by atoms with van der Waals surface area (Å²) in [6.45, 7) is -0.132. The molecule has 0 aliphatic heterocycles. The van der Waals surface area contributed by atoms with Gasteiger partial charge in [-0.25, -0.2) is 0 Å². The van der Waals surface area contributed by atoms with Crippen LogP contribution in [-0.2, 0) is 9.53 Å². The molecule has 5 heteroatoms. The van der Waals surface area contributed by atoms with Crippen LogP contribution in [0.3, 0.4) is 0 Å². The number of rotatable bonds is 3. The first-order valence-corrected chi connectivity index (χ1v) is 2.39. The predicted molar refractivity (Wildman–Crippen MR) is 26.9 cm³/mol. The van der Waals surface area contributed by atoms with Crippen molar-refractivity contribution in [3.63, 3.8) is 0 Å². The van der Waals surface area contributed by atoms with Crippen LogP contribution in [0.15, 0.2) is 0 Å². The van der Waals surface area contributed by atoms with Crippen LogP contribution >= 0.6 is 0 Å². The van der Waals surface area contributed by atoms with Crippen molar-refractivity contribution in [2.24, 2.45) is 0 Å². The highest BCUT2D eigenvalue weighted by atomic mass is 16.8. The minimum Gasteiger partial charge on any atom is -0.469 e. The van der Waals surface area contributed by atoms with Crippen molar-refractivity contribution < 1.29 is 19.9 Å². The fourth-order valence-corrected chi connectivity index (χ4v) is 0.293. The smallest absolute Gasteiger partial charge is 0.306 e. The molecule has 0 atom stereocenters. The molecule has 0 saturated heterocycles. The molecule has 0 aliphatic carbocycles. The van der Waals surface area contributed by atoms with Crippen molar-refractivity contribution >= 4 is 5.97 Å². The molecule has 0 saturated carbocycles. The van der Waals surface area contributed by atoms with Crippen molar-refractivity contribution in [3.8, 4) is 0 Å². The second-order valence-corrected chi connectivity index (χ2v) is 1.42. The Morgan fingerprint density at radius 3 is 2.56 bits per heavy atom. The second-order valence-electron chi connectivity index (χ2n) is 1.42. The van der Waals surface area contributed by atoms with Crippen LogP contribution in [0.25, 0.3) is 0 Å². The first-order chi connectivity index (χ1) is 4.16. The lowest BCUT2D eigenvalue weighted by Crippen LogP contribution is -2.18. The number of nitrogens with zero attached hydrogens (tertiary/aromatic N) is 1. The van der Waals surface area contributed by atoms with E-state index in [-0.39, 0.29) is 18.2 Å². The van der Waals surface area contributed by atoms with Gasteiger partial charge in [-0.3, -0.25) is 15.2 Å². The summed E-state index contributed by atoms with van der Waals surface area (Å²) in [6, 6.07) is 0. The van der Waals surface area contributed by atoms with Gasteiger partial charge in [0.15, 0.2) is 0 Å². The quantitative estimate of drug-likeness (QED) is 0.408. The maximum atomic E-state index is 10.2. The van der Waals surface area contributed by atoms with E-state index in [1.54, 1.807) is 0 Å². The Balaban J connectivity index is 3.17. The van der Waals surface area contributed by atoms with E-state index in [9.17, 15) is 4.79 Å². The van der Waals surface area contributed by atoms with Crippen LogP contribution < -0.4 is 0 Å². The largest absolute Gasteiger partial charge is 0.469 e. The minimum absolute atomic E-state index is 0.0243. The summed E-state index contributed by atoms with van der Waals surface area (Å²) in [5.41, 5.74) is 0. The Morgan fingerprint density at radius 2 is 2.22 bits per heavy atom. The van der Waals surface area contributed by atoms with Crippen molar-refractivity contribution in [2.45, 2.75) is 6.42 Å². The number of hydrogen-bond donors (Lipinski definition) is 2. The van der Waals surface area contributed by atoms with E-state index < -0.39 is 5.97 Å². The van der Waals surface area contributed by atoms with Crippen LogP contribution in [0, 0.1) is 0 Å². The van der Waals surface area contributed by atoms with Crippen molar-refractivity contribution in [1.82, 2.24) is 5.23 Å². The number of carbonyl (C=O) groups excluding carboxylic acids is 1. The Labute approximate surface area is 52.4 Å². The molecule has 9 heavy (non-hydrogen) atoms. The van der Waals surface area contributed by atoms with Crippen molar-refractivity contribution in [3.05, 3.63) is 0 Å². The molecule has 0 unspecified atom stereocenters. The summed E-state index contributed by atoms with van der Waals surface area (Å²) in [5.74, 6) is -0.469. The maximum Gasteiger partial charge on any atom is 0.306 e. The number of carbonyl (C=O) groups is 1. The Kier molecular flexibility index (Phi) is 3.94. The molecule has 0 rings (SSSR count). The molecule has 0 aromatic heterocycles. The van der Waals surface area contributed by atoms with Crippen molar-refractivity contribution in [2.75, 3.05) is 13.7 Å². The van der Waals surface area contributed by atoms with Gasteiger partial charge in [-0.1, -0.05) is 5.23 Å². The molecular weight excluding hydrogens is 126 g/mol. The number of ether oxygens (including phenoxy) is 1. The molecule has 0 heterocycles. The third-order valence-electron chi connectivity index (χ3n) is 0.744. The summed E-state index contributed by atoms with van der Waals surface area (Å²) < 4.78 is 4.21. The van der Waals surface area contributed by atoms with Gasteiger partial charge < -0.3 is 4.74 Å². The fraction of sp³-hybridized carbons (Fsp3) is 0.750. The second kappa shape index (κ2) is 4.25. The van der Waals surface area contributed by atoms with Gasteiger partial charge in [-0.05, 0) is 0 Å². The lowest BCUT2D eigenvalue weighted by molar-refractivity contribution is -0.306.